The van der Waals surface area contributed by atoms with Crippen molar-refractivity contribution < 1.29 is 0 Å². The van der Waals surface area contributed by atoms with Gasteiger partial charge in [0.1, 0.15) is 10.7 Å². The van der Waals surface area contributed by atoms with E-state index in [-0.39, 0.29) is 5.56 Å². The predicted molar refractivity (Wildman–Crippen MR) is 98.5 cm³/mol. The van der Waals surface area contributed by atoms with Crippen LogP contribution < -0.4 is 5.56 Å². The molecule has 3 heterocycles. The number of thiophene rings is 2. The van der Waals surface area contributed by atoms with Crippen LogP contribution in [0.4, 0.5) is 0 Å². The summed E-state index contributed by atoms with van der Waals surface area (Å²) in [7, 11) is 0. The molecule has 0 atom stereocenters. The first-order valence-corrected chi connectivity index (χ1v) is 8.98. The van der Waals surface area contributed by atoms with E-state index in [2.05, 4.69) is 4.98 Å². The molecule has 4 rings (SSSR count). The second-order valence-electron chi connectivity index (χ2n) is 5.42. The Morgan fingerprint density at radius 2 is 1.91 bits per heavy atom. The molecule has 4 aromatic rings. The molecular formula is C18H14N2OS2. The Morgan fingerprint density at radius 3 is 2.65 bits per heavy atom. The zero-order valence-corrected chi connectivity index (χ0v) is 14.3. The number of aromatic amines is 1. The molecule has 0 fully saturated rings. The van der Waals surface area contributed by atoms with Gasteiger partial charge in [-0.15, -0.1) is 22.7 Å². The van der Waals surface area contributed by atoms with Crippen molar-refractivity contribution in [2.45, 2.75) is 13.8 Å². The van der Waals surface area contributed by atoms with Crippen LogP contribution in [0.15, 0.2) is 46.6 Å². The molecule has 5 heteroatoms. The van der Waals surface area contributed by atoms with Crippen molar-refractivity contribution in [1.29, 1.82) is 0 Å². The van der Waals surface area contributed by atoms with Crippen LogP contribution in [0.5, 0.6) is 0 Å². The van der Waals surface area contributed by atoms with Gasteiger partial charge in [0.05, 0.1) is 5.39 Å². The van der Waals surface area contributed by atoms with Crippen molar-refractivity contribution in [3.05, 3.63) is 62.6 Å². The zero-order chi connectivity index (χ0) is 16.0. The molecule has 1 aromatic carbocycles. The molecule has 114 valence electrons. The van der Waals surface area contributed by atoms with Crippen molar-refractivity contribution in [3.8, 4) is 21.8 Å². The number of nitrogens with one attached hydrogen (secondary N) is 1. The van der Waals surface area contributed by atoms with Gasteiger partial charge >= 0.3 is 0 Å². The van der Waals surface area contributed by atoms with Gasteiger partial charge in [0, 0.05) is 20.9 Å². The minimum absolute atomic E-state index is 0.0685. The van der Waals surface area contributed by atoms with E-state index < -0.39 is 0 Å². The summed E-state index contributed by atoms with van der Waals surface area (Å²) >= 11 is 3.23. The third kappa shape index (κ3) is 2.33. The fourth-order valence-electron chi connectivity index (χ4n) is 2.80. The number of nitrogens with zero attached hydrogens (tertiary/aromatic N) is 1. The smallest absolute Gasteiger partial charge is 0.260 e. The van der Waals surface area contributed by atoms with Crippen LogP contribution in [-0.4, -0.2) is 9.97 Å². The predicted octanol–water partition coefficient (Wildman–Crippen LogP) is 5.00. The number of fused-ring (bicyclic) bond motifs is 1. The number of benzene rings is 1. The lowest BCUT2D eigenvalue weighted by atomic mass is 10.1. The maximum Gasteiger partial charge on any atom is 0.260 e. The quantitative estimate of drug-likeness (QED) is 0.559. The van der Waals surface area contributed by atoms with Gasteiger partial charge in [-0.3, -0.25) is 4.79 Å². The van der Waals surface area contributed by atoms with Gasteiger partial charge in [-0.05, 0) is 30.9 Å². The van der Waals surface area contributed by atoms with Crippen molar-refractivity contribution in [2.24, 2.45) is 0 Å². The fourth-order valence-corrected chi connectivity index (χ4v) is 4.74. The maximum absolute atomic E-state index is 12.7. The van der Waals surface area contributed by atoms with E-state index in [1.165, 1.54) is 0 Å². The van der Waals surface area contributed by atoms with Crippen LogP contribution in [0.3, 0.4) is 0 Å². The second-order valence-corrected chi connectivity index (χ2v) is 7.57. The topological polar surface area (TPSA) is 45.8 Å². The van der Waals surface area contributed by atoms with Gasteiger partial charge < -0.3 is 4.98 Å². The molecular weight excluding hydrogens is 324 g/mol. The summed E-state index contributed by atoms with van der Waals surface area (Å²) in [5, 5.41) is 2.73. The van der Waals surface area contributed by atoms with Crippen LogP contribution in [0.1, 0.15) is 10.4 Å². The van der Waals surface area contributed by atoms with Gasteiger partial charge in [-0.2, -0.15) is 0 Å². The molecule has 0 unspecified atom stereocenters. The highest BCUT2D eigenvalue weighted by Gasteiger charge is 2.18. The van der Waals surface area contributed by atoms with Crippen LogP contribution >= 0.6 is 22.7 Å². The average Bonchev–Trinajstić information content (AvgIpc) is 3.14. The van der Waals surface area contributed by atoms with Gasteiger partial charge in [0.25, 0.3) is 5.56 Å². The largest absolute Gasteiger partial charge is 0.306 e. The van der Waals surface area contributed by atoms with Gasteiger partial charge in [-0.25, -0.2) is 4.98 Å². The summed E-state index contributed by atoms with van der Waals surface area (Å²) in [4.78, 5) is 23.5. The van der Waals surface area contributed by atoms with E-state index >= 15 is 0 Å². The lowest BCUT2D eigenvalue weighted by Crippen LogP contribution is -2.09. The number of hydrogen-bond donors (Lipinski definition) is 1. The van der Waals surface area contributed by atoms with Crippen LogP contribution in [0, 0.1) is 13.8 Å². The number of aromatic nitrogens is 2. The van der Waals surface area contributed by atoms with Gasteiger partial charge in [0.2, 0.25) is 0 Å². The van der Waals surface area contributed by atoms with E-state index in [1.54, 1.807) is 22.7 Å². The summed E-state index contributed by atoms with van der Waals surface area (Å²) in [5.41, 5.74) is 3.02. The minimum atomic E-state index is -0.0685. The highest BCUT2D eigenvalue weighted by Crippen LogP contribution is 2.38. The summed E-state index contributed by atoms with van der Waals surface area (Å²) in [5.74, 6) is 0.638. The standard InChI is InChI=1S/C18H14N2OS2/c1-10-6-3-4-7-12(10)16-19-17(21)15-14(13-8-5-9-22-13)11(2)23-18(15)20-16/h3-9H,1-2H3,(H,19,20,21). The Bertz CT molecular complexity index is 1060. The lowest BCUT2D eigenvalue weighted by Gasteiger charge is -2.05. The first kappa shape index (κ1) is 14.4. The number of rotatable bonds is 2. The monoisotopic (exact) mass is 338 g/mol. The van der Waals surface area contributed by atoms with Crippen LogP contribution in [0.2, 0.25) is 0 Å². The molecule has 0 aliphatic heterocycles. The molecule has 0 saturated carbocycles. The molecule has 1 N–H and O–H groups in total. The summed E-state index contributed by atoms with van der Waals surface area (Å²) < 4.78 is 0. The SMILES string of the molecule is Cc1ccccc1-c1nc2sc(C)c(-c3cccs3)c2c(=O)[nH]1. The van der Waals surface area contributed by atoms with Crippen LogP contribution in [-0.2, 0) is 0 Å². The first-order valence-electron chi connectivity index (χ1n) is 7.28. The van der Waals surface area contributed by atoms with Gasteiger partial charge in [-0.1, -0.05) is 30.3 Å². The van der Waals surface area contributed by atoms with Crippen molar-refractivity contribution in [3.63, 3.8) is 0 Å². The molecule has 0 saturated heterocycles. The Hall–Kier alpha value is -2.24. The molecule has 0 amide bonds. The maximum atomic E-state index is 12.7. The van der Waals surface area contributed by atoms with E-state index in [4.69, 9.17) is 4.98 Å². The molecule has 0 spiro atoms. The molecule has 3 aromatic heterocycles. The fraction of sp³-hybridized carbons (Fsp3) is 0.111. The normalized spacial score (nSPS) is 11.2. The van der Waals surface area contributed by atoms with Crippen molar-refractivity contribution in [2.75, 3.05) is 0 Å². The number of aryl methyl sites for hydroxylation is 2. The highest BCUT2D eigenvalue weighted by molar-refractivity contribution is 7.20. The average molecular weight is 338 g/mol. The number of hydrogen-bond acceptors (Lipinski definition) is 4. The van der Waals surface area contributed by atoms with E-state index in [9.17, 15) is 4.79 Å². The molecule has 0 aliphatic carbocycles. The first-order chi connectivity index (χ1) is 11.1. The van der Waals surface area contributed by atoms with Crippen molar-refractivity contribution >= 4 is 32.9 Å². The van der Waals surface area contributed by atoms with Crippen molar-refractivity contribution in [1.82, 2.24) is 9.97 Å². The zero-order valence-electron chi connectivity index (χ0n) is 12.7. The minimum Gasteiger partial charge on any atom is -0.306 e. The highest BCUT2D eigenvalue weighted by atomic mass is 32.1. The third-order valence-electron chi connectivity index (χ3n) is 3.91. The number of H-pyrrole nitrogens is 1. The van der Waals surface area contributed by atoms with E-state index in [1.807, 2.05) is 55.6 Å². The molecule has 0 bridgehead atoms. The Morgan fingerprint density at radius 1 is 1.09 bits per heavy atom. The molecule has 23 heavy (non-hydrogen) atoms. The Kier molecular flexibility index (Phi) is 3.39. The summed E-state index contributed by atoms with van der Waals surface area (Å²) in [6.45, 7) is 4.07. The second kappa shape index (κ2) is 5.44. The Balaban J connectivity index is 2.01. The third-order valence-corrected chi connectivity index (χ3v) is 5.79. The Labute approximate surface area is 141 Å². The van der Waals surface area contributed by atoms with E-state index in [0.717, 1.165) is 31.3 Å². The summed E-state index contributed by atoms with van der Waals surface area (Å²) in [6, 6.07) is 12.0. The van der Waals surface area contributed by atoms with Gasteiger partial charge in [0.15, 0.2) is 0 Å². The molecule has 0 radical (unpaired) electrons. The van der Waals surface area contributed by atoms with Crippen LogP contribution in [0.25, 0.3) is 32.0 Å². The molecule has 3 nitrogen and oxygen atoms in total. The van der Waals surface area contributed by atoms with E-state index in [0.29, 0.717) is 11.2 Å². The molecule has 0 aliphatic rings. The lowest BCUT2D eigenvalue weighted by molar-refractivity contribution is 1.18. The summed E-state index contributed by atoms with van der Waals surface area (Å²) in [6.07, 6.45) is 0.